The fourth-order valence-corrected chi connectivity index (χ4v) is 2.97. The lowest BCUT2D eigenvalue weighted by atomic mass is 10.1. The molecule has 25 heavy (non-hydrogen) atoms. The molecule has 2 aromatic rings. The van der Waals surface area contributed by atoms with Gasteiger partial charge in [0.25, 0.3) is 0 Å². The van der Waals surface area contributed by atoms with Gasteiger partial charge in [0.2, 0.25) is 11.8 Å². The molecule has 1 saturated carbocycles. The standard InChI is InChI=1S/C21H24N2O2/c24-20(22-13-7-12-16-8-3-1-4-9-16)18-14-19(18)21(25)23-15-17-10-5-2-6-11-17/h1-6,8-11,18-19H,7,12-15H2,(H,22,24)(H,23,25). The van der Waals surface area contributed by atoms with E-state index in [2.05, 4.69) is 22.8 Å². The maximum atomic E-state index is 12.1. The summed E-state index contributed by atoms with van der Waals surface area (Å²) in [5.41, 5.74) is 2.35. The monoisotopic (exact) mass is 336 g/mol. The number of amides is 2. The van der Waals surface area contributed by atoms with E-state index >= 15 is 0 Å². The molecule has 0 aliphatic heterocycles. The van der Waals surface area contributed by atoms with E-state index in [4.69, 9.17) is 0 Å². The molecule has 0 radical (unpaired) electrons. The summed E-state index contributed by atoms with van der Waals surface area (Å²) in [6.45, 7) is 1.17. The molecular weight excluding hydrogens is 312 g/mol. The Hall–Kier alpha value is -2.62. The summed E-state index contributed by atoms with van der Waals surface area (Å²) in [6, 6.07) is 20.0. The number of benzene rings is 2. The van der Waals surface area contributed by atoms with Crippen LogP contribution in [0.2, 0.25) is 0 Å². The van der Waals surface area contributed by atoms with Gasteiger partial charge in [-0.1, -0.05) is 60.7 Å². The summed E-state index contributed by atoms with van der Waals surface area (Å²) in [5, 5.41) is 5.87. The van der Waals surface area contributed by atoms with Gasteiger partial charge in [-0.3, -0.25) is 9.59 Å². The molecule has 1 aliphatic rings. The number of carbonyl (C=O) groups excluding carboxylic acids is 2. The van der Waals surface area contributed by atoms with Crippen LogP contribution < -0.4 is 10.6 Å². The fraction of sp³-hybridized carbons (Fsp3) is 0.333. The number of rotatable bonds is 8. The van der Waals surface area contributed by atoms with Crippen LogP contribution in [0, 0.1) is 11.8 Å². The van der Waals surface area contributed by atoms with Gasteiger partial charge in [0, 0.05) is 13.1 Å². The molecule has 2 aromatic carbocycles. The van der Waals surface area contributed by atoms with Gasteiger partial charge in [-0.15, -0.1) is 0 Å². The Bertz CT molecular complexity index is 700. The Kier molecular flexibility index (Phi) is 5.83. The molecule has 2 atom stereocenters. The van der Waals surface area contributed by atoms with Gasteiger partial charge < -0.3 is 10.6 Å². The summed E-state index contributed by atoms with van der Waals surface area (Å²) < 4.78 is 0. The van der Waals surface area contributed by atoms with Crippen molar-refractivity contribution in [1.82, 2.24) is 10.6 Å². The average molecular weight is 336 g/mol. The molecule has 2 amide bonds. The minimum Gasteiger partial charge on any atom is -0.356 e. The first kappa shape index (κ1) is 17.2. The van der Waals surface area contributed by atoms with Crippen molar-refractivity contribution in [3.63, 3.8) is 0 Å². The largest absolute Gasteiger partial charge is 0.356 e. The van der Waals surface area contributed by atoms with Crippen molar-refractivity contribution in [2.75, 3.05) is 6.54 Å². The number of carbonyl (C=O) groups is 2. The van der Waals surface area contributed by atoms with Crippen molar-refractivity contribution >= 4 is 11.8 Å². The van der Waals surface area contributed by atoms with E-state index < -0.39 is 0 Å². The second kappa shape index (κ2) is 8.47. The van der Waals surface area contributed by atoms with Crippen molar-refractivity contribution < 1.29 is 9.59 Å². The first-order valence-corrected chi connectivity index (χ1v) is 8.87. The van der Waals surface area contributed by atoms with Crippen LogP contribution in [-0.2, 0) is 22.6 Å². The number of hydrogen-bond acceptors (Lipinski definition) is 2. The molecule has 3 rings (SSSR count). The van der Waals surface area contributed by atoms with Crippen LogP contribution in [0.15, 0.2) is 60.7 Å². The van der Waals surface area contributed by atoms with Crippen molar-refractivity contribution in [2.24, 2.45) is 11.8 Å². The Labute approximate surface area is 148 Å². The summed E-state index contributed by atoms with van der Waals surface area (Å²) in [7, 11) is 0. The molecule has 2 unspecified atom stereocenters. The van der Waals surface area contributed by atoms with E-state index in [0.29, 0.717) is 19.5 Å². The first-order chi connectivity index (χ1) is 12.2. The maximum Gasteiger partial charge on any atom is 0.224 e. The maximum absolute atomic E-state index is 12.1. The molecule has 0 heterocycles. The van der Waals surface area contributed by atoms with Crippen LogP contribution in [0.5, 0.6) is 0 Å². The van der Waals surface area contributed by atoms with Gasteiger partial charge in [-0.05, 0) is 30.4 Å². The van der Waals surface area contributed by atoms with Crippen LogP contribution in [0.3, 0.4) is 0 Å². The Balaban J connectivity index is 1.32. The Morgan fingerprint density at radius 1 is 0.800 bits per heavy atom. The van der Waals surface area contributed by atoms with E-state index in [0.717, 1.165) is 18.4 Å². The zero-order valence-corrected chi connectivity index (χ0v) is 14.3. The normalized spacial score (nSPS) is 18.4. The lowest BCUT2D eigenvalue weighted by Crippen LogP contribution is -2.30. The van der Waals surface area contributed by atoms with Crippen LogP contribution in [-0.4, -0.2) is 18.4 Å². The zero-order chi connectivity index (χ0) is 17.5. The molecule has 130 valence electrons. The van der Waals surface area contributed by atoms with Gasteiger partial charge in [0.05, 0.1) is 11.8 Å². The van der Waals surface area contributed by atoms with Crippen molar-refractivity contribution in [2.45, 2.75) is 25.8 Å². The summed E-state index contributed by atoms with van der Waals surface area (Å²) >= 11 is 0. The summed E-state index contributed by atoms with van der Waals surface area (Å²) in [5.74, 6) is -0.341. The smallest absolute Gasteiger partial charge is 0.224 e. The molecule has 4 heteroatoms. The number of nitrogens with one attached hydrogen (secondary N) is 2. The third-order valence-corrected chi connectivity index (χ3v) is 4.56. The molecule has 0 aromatic heterocycles. The quantitative estimate of drug-likeness (QED) is 0.728. The minimum absolute atomic E-state index is 0.00734. The average Bonchev–Trinajstić information content (AvgIpc) is 3.46. The lowest BCUT2D eigenvalue weighted by molar-refractivity contribution is -0.127. The van der Waals surface area contributed by atoms with Crippen molar-refractivity contribution in [3.8, 4) is 0 Å². The van der Waals surface area contributed by atoms with E-state index in [1.807, 2.05) is 48.5 Å². The third-order valence-electron chi connectivity index (χ3n) is 4.56. The third kappa shape index (κ3) is 5.18. The van der Waals surface area contributed by atoms with Gasteiger partial charge in [0.15, 0.2) is 0 Å². The highest BCUT2D eigenvalue weighted by atomic mass is 16.2. The first-order valence-electron chi connectivity index (χ1n) is 8.87. The number of hydrogen-bond donors (Lipinski definition) is 2. The molecule has 2 N–H and O–H groups in total. The lowest BCUT2D eigenvalue weighted by Gasteiger charge is -2.06. The van der Waals surface area contributed by atoms with Gasteiger partial charge in [-0.25, -0.2) is 0 Å². The molecular formula is C21H24N2O2. The molecule has 1 aliphatic carbocycles. The highest BCUT2D eigenvalue weighted by Gasteiger charge is 2.47. The molecule has 1 fully saturated rings. The Morgan fingerprint density at radius 2 is 1.36 bits per heavy atom. The van der Waals surface area contributed by atoms with Crippen LogP contribution in [0.25, 0.3) is 0 Å². The SMILES string of the molecule is O=C(NCCCc1ccccc1)C1CC1C(=O)NCc1ccccc1. The van der Waals surface area contributed by atoms with Crippen LogP contribution >= 0.6 is 0 Å². The predicted octanol–water partition coefficient (Wildman–Crippen LogP) is 2.69. The Morgan fingerprint density at radius 3 is 2.00 bits per heavy atom. The van der Waals surface area contributed by atoms with Crippen molar-refractivity contribution in [1.29, 1.82) is 0 Å². The van der Waals surface area contributed by atoms with E-state index in [-0.39, 0.29) is 23.7 Å². The van der Waals surface area contributed by atoms with Gasteiger partial charge in [0.1, 0.15) is 0 Å². The van der Waals surface area contributed by atoms with Crippen molar-refractivity contribution in [3.05, 3.63) is 71.8 Å². The van der Waals surface area contributed by atoms with E-state index in [1.54, 1.807) is 0 Å². The van der Waals surface area contributed by atoms with E-state index in [9.17, 15) is 9.59 Å². The highest BCUT2D eigenvalue weighted by molar-refractivity contribution is 5.92. The van der Waals surface area contributed by atoms with Gasteiger partial charge >= 0.3 is 0 Å². The fourth-order valence-electron chi connectivity index (χ4n) is 2.97. The zero-order valence-electron chi connectivity index (χ0n) is 14.3. The molecule has 4 nitrogen and oxygen atoms in total. The highest BCUT2D eigenvalue weighted by Crippen LogP contribution is 2.38. The minimum atomic E-state index is -0.169. The summed E-state index contributed by atoms with van der Waals surface area (Å²) in [6.07, 6.45) is 2.52. The summed E-state index contributed by atoms with van der Waals surface area (Å²) in [4.78, 5) is 24.2. The topological polar surface area (TPSA) is 58.2 Å². The van der Waals surface area contributed by atoms with E-state index in [1.165, 1.54) is 5.56 Å². The second-order valence-electron chi connectivity index (χ2n) is 6.53. The second-order valence-corrected chi connectivity index (χ2v) is 6.53. The molecule has 0 saturated heterocycles. The predicted molar refractivity (Wildman–Crippen MR) is 97.7 cm³/mol. The van der Waals surface area contributed by atoms with Crippen LogP contribution in [0.1, 0.15) is 24.0 Å². The molecule has 0 bridgehead atoms. The molecule has 0 spiro atoms. The van der Waals surface area contributed by atoms with Gasteiger partial charge in [-0.2, -0.15) is 0 Å². The van der Waals surface area contributed by atoms with Crippen LogP contribution in [0.4, 0.5) is 0 Å². The number of aryl methyl sites for hydroxylation is 1.